The highest BCUT2D eigenvalue weighted by atomic mass is 32.2. The van der Waals surface area contributed by atoms with E-state index in [1.807, 2.05) is 18.0 Å². The van der Waals surface area contributed by atoms with Gasteiger partial charge in [-0.2, -0.15) is 11.8 Å². The molecule has 1 atom stereocenters. The average molecular weight is 263 g/mol. The smallest absolute Gasteiger partial charge is 0.0540 e. The number of rotatable bonds is 2. The molecule has 1 aromatic heterocycles. The number of hydrogen-bond acceptors (Lipinski definition) is 2. The van der Waals surface area contributed by atoms with Crippen LogP contribution >= 0.6 is 11.8 Å². The molecular formula is C16H25NS. The van der Waals surface area contributed by atoms with Crippen LogP contribution in [0.5, 0.6) is 0 Å². The van der Waals surface area contributed by atoms with Crippen molar-refractivity contribution in [2.24, 2.45) is 5.92 Å². The molecule has 0 spiro atoms. The van der Waals surface area contributed by atoms with Gasteiger partial charge in [-0.25, -0.2) is 0 Å². The Morgan fingerprint density at radius 2 is 2.06 bits per heavy atom. The third kappa shape index (κ3) is 2.90. The van der Waals surface area contributed by atoms with E-state index in [0.29, 0.717) is 17.8 Å². The molecule has 0 saturated heterocycles. The molecule has 0 fully saturated rings. The molecule has 0 aliphatic carbocycles. The maximum atomic E-state index is 4.68. The van der Waals surface area contributed by atoms with Crippen molar-refractivity contribution in [1.82, 2.24) is 4.98 Å². The Labute approximate surface area is 116 Å². The molecular weight excluding hydrogens is 238 g/mol. The summed E-state index contributed by atoms with van der Waals surface area (Å²) in [6.45, 7) is 9.33. The number of hydrogen-bond donors (Lipinski definition) is 0. The van der Waals surface area contributed by atoms with E-state index in [-0.39, 0.29) is 0 Å². The molecule has 1 aliphatic rings. The van der Waals surface area contributed by atoms with Crippen LogP contribution in [0.15, 0.2) is 12.3 Å². The van der Waals surface area contributed by atoms with Crippen molar-refractivity contribution in [1.29, 1.82) is 0 Å². The number of pyridine rings is 1. The van der Waals surface area contributed by atoms with E-state index in [2.05, 4.69) is 38.7 Å². The standard InChI is InChI=1S/C16H25NS/c1-11(2)13-6-5-9-18-10-15-16(13)14(12(3)4)7-8-17-15/h7-8,11-13H,5-6,9-10H2,1-4H3. The second-order valence-electron chi connectivity index (χ2n) is 5.96. The average Bonchev–Trinajstić information content (AvgIpc) is 2.28. The Morgan fingerprint density at radius 3 is 2.72 bits per heavy atom. The van der Waals surface area contributed by atoms with E-state index in [1.165, 1.54) is 29.9 Å². The molecule has 0 aromatic carbocycles. The number of thioether (sulfide) groups is 1. The summed E-state index contributed by atoms with van der Waals surface area (Å²) >= 11 is 2.04. The van der Waals surface area contributed by atoms with Crippen molar-refractivity contribution in [2.75, 3.05) is 5.75 Å². The Morgan fingerprint density at radius 1 is 1.28 bits per heavy atom. The largest absolute Gasteiger partial charge is 0.260 e. The van der Waals surface area contributed by atoms with E-state index < -0.39 is 0 Å². The van der Waals surface area contributed by atoms with Gasteiger partial charge in [0.15, 0.2) is 0 Å². The maximum Gasteiger partial charge on any atom is 0.0540 e. The zero-order valence-corrected chi connectivity index (χ0v) is 12.9. The molecule has 1 unspecified atom stereocenters. The molecule has 1 aromatic rings. The Kier molecular flexibility index (Phi) is 4.71. The molecule has 2 rings (SSSR count). The lowest BCUT2D eigenvalue weighted by molar-refractivity contribution is 0.455. The first-order valence-electron chi connectivity index (χ1n) is 7.16. The lowest BCUT2D eigenvalue weighted by Gasteiger charge is -2.29. The summed E-state index contributed by atoms with van der Waals surface area (Å²) in [5.41, 5.74) is 4.46. The summed E-state index contributed by atoms with van der Waals surface area (Å²) in [4.78, 5) is 4.68. The lowest BCUT2D eigenvalue weighted by Crippen LogP contribution is -2.16. The predicted molar refractivity (Wildman–Crippen MR) is 81.3 cm³/mol. The highest BCUT2D eigenvalue weighted by Gasteiger charge is 2.25. The highest BCUT2D eigenvalue weighted by Crippen LogP contribution is 2.39. The molecule has 0 radical (unpaired) electrons. The first-order valence-corrected chi connectivity index (χ1v) is 8.32. The van der Waals surface area contributed by atoms with Gasteiger partial charge in [-0.1, -0.05) is 27.7 Å². The summed E-state index contributed by atoms with van der Waals surface area (Å²) < 4.78 is 0. The topological polar surface area (TPSA) is 12.9 Å². The van der Waals surface area contributed by atoms with Crippen LogP contribution in [0.2, 0.25) is 0 Å². The normalized spacial score (nSPS) is 20.7. The second kappa shape index (κ2) is 6.10. The minimum Gasteiger partial charge on any atom is -0.260 e. The third-order valence-electron chi connectivity index (χ3n) is 3.95. The zero-order valence-electron chi connectivity index (χ0n) is 12.1. The van der Waals surface area contributed by atoms with Crippen LogP contribution in [0.25, 0.3) is 0 Å². The number of nitrogens with zero attached hydrogens (tertiary/aromatic N) is 1. The minimum absolute atomic E-state index is 0.604. The van der Waals surface area contributed by atoms with Gasteiger partial charge >= 0.3 is 0 Å². The Hall–Kier alpha value is -0.500. The second-order valence-corrected chi connectivity index (χ2v) is 7.07. The predicted octanol–water partition coefficient (Wildman–Crippen LogP) is 4.97. The zero-order chi connectivity index (χ0) is 13.1. The first kappa shape index (κ1) is 13.9. The third-order valence-corrected chi connectivity index (χ3v) is 5.00. The van der Waals surface area contributed by atoms with Gasteiger partial charge in [-0.3, -0.25) is 4.98 Å². The van der Waals surface area contributed by atoms with Crippen molar-refractivity contribution in [3.8, 4) is 0 Å². The fraction of sp³-hybridized carbons (Fsp3) is 0.688. The van der Waals surface area contributed by atoms with Gasteiger partial charge in [-0.15, -0.1) is 0 Å². The van der Waals surface area contributed by atoms with Crippen LogP contribution in [0, 0.1) is 5.92 Å². The van der Waals surface area contributed by atoms with Gasteiger partial charge in [0.05, 0.1) is 5.69 Å². The summed E-state index contributed by atoms with van der Waals surface area (Å²) in [5.74, 6) is 4.41. The van der Waals surface area contributed by atoms with E-state index >= 15 is 0 Å². The number of aromatic nitrogens is 1. The van der Waals surface area contributed by atoms with Crippen LogP contribution in [-0.4, -0.2) is 10.7 Å². The minimum atomic E-state index is 0.604. The Balaban J connectivity index is 2.51. The molecule has 0 amide bonds. The highest BCUT2D eigenvalue weighted by molar-refractivity contribution is 7.98. The van der Waals surface area contributed by atoms with Gasteiger partial charge in [0.2, 0.25) is 0 Å². The van der Waals surface area contributed by atoms with Gasteiger partial charge in [-0.05, 0) is 53.5 Å². The fourth-order valence-electron chi connectivity index (χ4n) is 2.97. The maximum absolute atomic E-state index is 4.68. The van der Waals surface area contributed by atoms with Crippen molar-refractivity contribution in [2.45, 2.75) is 58.1 Å². The molecule has 2 heteroatoms. The summed E-state index contributed by atoms with van der Waals surface area (Å²) in [7, 11) is 0. The SMILES string of the molecule is CC(C)c1ccnc2c1C(C(C)C)CCCSC2. The molecule has 0 saturated carbocycles. The molecule has 1 aliphatic heterocycles. The molecule has 1 nitrogen and oxygen atoms in total. The summed E-state index contributed by atoms with van der Waals surface area (Å²) in [6.07, 6.45) is 4.68. The molecule has 0 bridgehead atoms. The summed E-state index contributed by atoms with van der Waals surface area (Å²) in [6, 6.07) is 2.24. The molecule has 18 heavy (non-hydrogen) atoms. The van der Waals surface area contributed by atoms with Gasteiger partial charge < -0.3 is 0 Å². The van der Waals surface area contributed by atoms with Crippen molar-refractivity contribution in [3.63, 3.8) is 0 Å². The van der Waals surface area contributed by atoms with E-state index in [0.717, 1.165) is 5.75 Å². The number of fused-ring (bicyclic) bond motifs is 1. The summed E-state index contributed by atoms with van der Waals surface area (Å²) in [5, 5.41) is 0. The van der Waals surface area contributed by atoms with Gasteiger partial charge in [0.1, 0.15) is 0 Å². The molecule has 2 heterocycles. The van der Waals surface area contributed by atoms with Crippen LogP contribution in [-0.2, 0) is 5.75 Å². The van der Waals surface area contributed by atoms with E-state index in [1.54, 1.807) is 5.56 Å². The van der Waals surface area contributed by atoms with E-state index in [9.17, 15) is 0 Å². The van der Waals surface area contributed by atoms with E-state index in [4.69, 9.17) is 0 Å². The van der Waals surface area contributed by atoms with Gasteiger partial charge in [0, 0.05) is 11.9 Å². The van der Waals surface area contributed by atoms with Crippen molar-refractivity contribution < 1.29 is 0 Å². The van der Waals surface area contributed by atoms with Crippen LogP contribution in [0.1, 0.15) is 69.2 Å². The Bertz CT molecular complexity index is 398. The quantitative estimate of drug-likeness (QED) is 0.747. The van der Waals surface area contributed by atoms with Crippen molar-refractivity contribution >= 4 is 11.8 Å². The first-order chi connectivity index (χ1) is 8.61. The lowest BCUT2D eigenvalue weighted by atomic mass is 9.79. The molecule has 0 N–H and O–H groups in total. The van der Waals surface area contributed by atoms with Gasteiger partial charge in [0.25, 0.3) is 0 Å². The van der Waals surface area contributed by atoms with Crippen LogP contribution in [0.4, 0.5) is 0 Å². The van der Waals surface area contributed by atoms with Crippen LogP contribution < -0.4 is 0 Å². The fourth-order valence-corrected chi connectivity index (χ4v) is 3.90. The van der Waals surface area contributed by atoms with Crippen LogP contribution in [0.3, 0.4) is 0 Å². The monoisotopic (exact) mass is 263 g/mol. The molecule has 100 valence electrons. The van der Waals surface area contributed by atoms with Crippen molar-refractivity contribution in [3.05, 3.63) is 29.1 Å².